The van der Waals surface area contributed by atoms with Crippen LogP contribution < -0.4 is 11.2 Å². The summed E-state index contributed by atoms with van der Waals surface area (Å²) in [4.78, 5) is 60.5. The molecule has 7 N–H and O–H groups in total. The molecule has 2 rings (SSSR count). The van der Waals surface area contributed by atoms with E-state index in [1.54, 1.807) is 4.98 Å². The molecule has 22 heteroatoms. The first-order valence-electron chi connectivity index (χ1n) is 8.03. The molecule has 2 heterocycles. The van der Waals surface area contributed by atoms with Gasteiger partial charge in [0.1, 0.15) is 25.1 Å². The van der Waals surface area contributed by atoms with Crippen LogP contribution in [0.25, 0.3) is 0 Å². The molecule has 1 aliphatic rings. The lowest BCUT2D eigenvalue weighted by molar-refractivity contribution is -0.127. The molecular weight excluding hydrogens is 514 g/mol. The van der Waals surface area contributed by atoms with Gasteiger partial charge in [-0.25, -0.2) is 22.9 Å². The summed E-state index contributed by atoms with van der Waals surface area (Å²) in [5, 5.41) is 24.1. The molecule has 1 fully saturated rings. The lowest BCUT2D eigenvalue weighted by Gasteiger charge is -2.28. The zero-order valence-electron chi connectivity index (χ0n) is 15.6. The number of phosphoric acid groups is 3. The number of nitrogens with one attached hydrogen (secondary N) is 1. The van der Waals surface area contributed by atoms with Crippen molar-refractivity contribution in [2.24, 2.45) is 0 Å². The molecule has 184 valence electrons. The van der Waals surface area contributed by atoms with E-state index in [1.807, 2.05) is 0 Å². The van der Waals surface area contributed by atoms with E-state index in [9.17, 15) is 42.8 Å². The maximum absolute atomic E-state index is 13.6. The lowest BCUT2D eigenvalue weighted by Crippen LogP contribution is -2.52. The van der Waals surface area contributed by atoms with Crippen molar-refractivity contribution < 1.29 is 65.8 Å². The summed E-state index contributed by atoms with van der Waals surface area (Å²) in [6, 6.07) is 0. The quantitative estimate of drug-likeness (QED) is 0.164. The molecule has 3 unspecified atom stereocenters. The Bertz CT molecular complexity index is 1100. The van der Waals surface area contributed by atoms with Crippen LogP contribution in [0.15, 0.2) is 15.8 Å². The van der Waals surface area contributed by atoms with Crippen molar-refractivity contribution in [3.8, 4) is 0 Å². The molecule has 7 atom stereocenters. The number of aliphatic hydroxyl groups excluding tert-OH is 1. The zero-order chi connectivity index (χ0) is 24.7. The van der Waals surface area contributed by atoms with Crippen molar-refractivity contribution in [1.82, 2.24) is 14.8 Å². The van der Waals surface area contributed by atoms with Crippen LogP contribution in [0.2, 0.25) is 0 Å². The first-order chi connectivity index (χ1) is 14.4. The number of rotatable bonds is 9. The highest BCUT2D eigenvalue weighted by Gasteiger charge is 2.59. The van der Waals surface area contributed by atoms with Crippen molar-refractivity contribution >= 4 is 23.5 Å². The van der Waals surface area contributed by atoms with Crippen molar-refractivity contribution in [3.05, 3.63) is 27.0 Å². The Kier molecular flexibility index (Phi) is 7.81. The minimum absolute atomic E-state index is 0.266. The standard InChI is InChI=1S/C10H17FN3O15P3/c1-4(27-31(22,23)29-32(24,25)28-30(19,20)21)6-7(16)10(18,3-11)8(26-6)14-9(17)13-5(15)2-12-14/h2,4,6-8,16,18H,3H2,1H3,(H,22,23)(H,24,25)(H,13,15,17)(H2,19,20,21)/t4-,6-,7?,8-,10-/m1/s1. The fourth-order valence-electron chi connectivity index (χ4n) is 2.65. The van der Waals surface area contributed by atoms with Gasteiger partial charge in [0, 0.05) is 0 Å². The zero-order valence-corrected chi connectivity index (χ0v) is 18.2. The number of alkyl halides is 1. The molecule has 1 aromatic heterocycles. The van der Waals surface area contributed by atoms with Gasteiger partial charge in [0.25, 0.3) is 5.56 Å². The number of hydrogen-bond acceptors (Lipinski definition) is 12. The third-order valence-electron chi connectivity index (χ3n) is 3.89. The summed E-state index contributed by atoms with van der Waals surface area (Å²) in [6.07, 6.45) is -7.55. The van der Waals surface area contributed by atoms with Gasteiger partial charge in [-0.15, -0.1) is 0 Å². The number of nitrogens with zero attached hydrogens (tertiary/aromatic N) is 2. The van der Waals surface area contributed by atoms with Crippen molar-refractivity contribution in [2.45, 2.75) is 37.1 Å². The topological polar surface area (TPSA) is 277 Å². The van der Waals surface area contributed by atoms with E-state index >= 15 is 0 Å². The monoisotopic (exact) mass is 531 g/mol. The van der Waals surface area contributed by atoms with Gasteiger partial charge in [-0.3, -0.25) is 14.3 Å². The Balaban J connectivity index is 2.26. The van der Waals surface area contributed by atoms with Crippen LogP contribution in [0.4, 0.5) is 4.39 Å². The van der Waals surface area contributed by atoms with Gasteiger partial charge in [0.15, 0.2) is 11.8 Å². The highest BCUT2D eigenvalue weighted by Crippen LogP contribution is 2.66. The number of ether oxygens (including phenoxy) is 1. The molecule has 0 aromatic carbocycles. The summed E-state index contributed by atoms with van der Waals surface area (Å²) in [6.45, 7) is -0.860. The predicted octanol–water partition coefficient (Wildman–Crippen LogP) is -2.38. The second-order valence-corrected chi connectivity index (χ2v) is 10.7. The highest BCUT2D eigenvalue weighted by atomic mass is 31.3. The number of hydrogen-bond donors (Lipinski definition) is 7. The number of halogens is 1. The Morgan fingerprint density at radius 2 is 1.84 bits per heavy atom. The second kappa shape index (κ2) is 9.23. The molecule has 1 aromatic rings. The number of aromatic amines is 1. The molecule has 0 amide bonds. The van der Waals surface area contributed by atoms with Crippen LogP contribution in [-0.4, -0.2) is 75.1 Å². The fraction of sp³-hybridized carbons (Fsp3) is 0.700. The van der Waals surface area contributed by atoms with Gasteiger partial charge in [-0.05, 0) is 6.92 Å². The van der Waals surface area contributed by atoms with E-state index in [-0.39, 0.29) is 4.68 Å². The minimum Gasteiger partial charge on any atom is -0.387 e. The summed E-state index contributed by atoms with van der Waals surface area (Å²) < 4.78 is 64.5. The number of aliphatic hydroxyl groups is 2. The summed E-state index contributed by atoms with van der Waals surface area (Å²) in [5.74, 6) is 0. The van der Waals surface area contributed by atoms with E-state index in [0.717, 1.165) is 6.92 Å². The van der Waals surface area contributed by atoms with E-state index in [2.05, 4.69) is 18.2 Å². The van der Waals surface area contributed by atoms with E-state index in [1.165, 1.54) is 0 Å². The first kappa shape index (κ1) is 27.1. The Morgan fingerprint density at radius 1 is 1.25 bits per heavy atom. The normalized spacial score (nSPS) is 31.1. The molecule has 1 aliphatic heterocycles. The van der Waals surface area contributed by atoms with Crippen LogP contribution in [0.1, 0.15) is 13.2 Å². The number of H-pyrrole nitrogens is 1. The maximum atomic E-state index is 13.6. The Labute approximate surface area is 175 Å². The van der Waals surface area contributed by atoms with Crippen LogP contribution >= 0.6 is 23.5 Å². The largest absolute Gasteiger partial charge is 0.490 e. The lowest BCUT2D eigenvalue weighted by atomic mass is 9.94. The molecule has 32 heavy (non-hydrogen) atoms. The maximum Gasteiger partial charge on any atom is 0.490 e. The molecule has 0 aliphatic carbocycles. The van der Waals surface area contributed by atoms with E-state index in [4.69, 9.17) is 19.4 Å². The fourth-order valence-corrected chi connectivity index (χ4v) is 5.85. The molecule has 0 radical (unpaired) electrons. The molecule has 1 saturated heterocycles. The smallest absolute Gasteiger partial charge is 0.387 e. The average molecular weight is 531 g/mol. The summed E-state index contributed by atoms with van der Waals surface area (Å²) in [7, 11) is -17.2. The number of aromatic nitrogens is 3. The number of phosphoric ester groups is 1. The molecule has 0 saturated carbocycles. The van der Waals surface area contributed by atoms with Crippen LogP contribution in [0.5, 0.6) is 0 Å². The molecule has 0 spiro atoms. The van der Waals surface area contributed by atoms with Crippen LogP contribution in [0, 0.1) is 0 Å². The van der Waals surface area contributed by atoms with Crippen LogP contribution in [0.3, 0.4) is 0 Å². The van der Waals surface area contributed by atoms with Gasteiger partial charge in [0.2, 0.25) is 0 Å². The SMILES string of the molecule is C[C@@H](OP(=O)(O)OP(=O)(O)OP(=O)(O)O)[C@H]1O[C@@H](n2ncc(=O)[nH]c2=O)[C@@](O)(CF)C1O. The van der Waals surface area contributed by atoms with Gasteiger partial charge < -0.3 is 34.5 Å². The first-order valence-corrected chi connectivity index (χ1v) is 12.5. The highest BCUT2D eigenvalue weighted by molar-refractivity contribution is 7.66. The Hall–Kier alpha value is -1.17. The van der Waals surface area contributed by atoms with Crippen molar-refractivity contribution in [2.75, 3.05) is 6.67 Å². The van der Waals surface area contributed by atoms with Crippen molar-refractivity contribution in [1.29, 1.82) is 0 Å². The van der Waals surface area contributed by atoms with Crippen molar-refractivity contribution in [3.63, 3.8) is 0 Å². The molecule has 0 bridgehead atoms. The van der Waals surface area contributed by atoms with Gasteiger partial charge in [-0.1, -0.05) is 0 Å². The molecule has 18 nitrogen and oxygen atoms in total. The van der Waals surface area contributed by atoms with Gasteiger partial charge in [-0.2, -0.15) is 18.4 Å². The van der Waals surface area contributed by atoms with E-state index < -0.39 is 71.5 Å². The predicted molar refractivity (Wildman–Crippen MR) is 94.4 cm³/mol. The summed E-state index contributed by atoms with van der Waals surface area (Å²) in [5.41, 5.74) is -5.11. The third-order valence-corrected chi connectivity index (χ3v) is 7.82. The third kappa shape index (κ3) is 6.24. The second-order valence-electron chi connectivity index (χ2n) is 6.31. The van der Waals surface area contributed by atoms with E-state index in [0.29, 0.717) is 6.20 Å². The van der Waals surface area contributed by atoms with Gasteiger partial charge >= 0.3 is 29.2 Å². The Morgan fingerprint density at radius 3 is 2.34 bits per heavy atom. The summed E-state index contributed by atoms with van der Waals surface area (Å²) >= 11 is 0. The average Bonchev–Trinajstić information content (AvgIpc) is 2.84. The minimum atomic E-state index is -5.84. The van der Waals surface area contributed by atoms with Gasteiger partial charge in [0.05, 0.1) is 6.10 Å². The van der Waals surface area contributed by atoms with Crippen LogP contribution in [-0.2, 0) is 31.6 Å². The molecular formula is C10H17FN3O15P3.